The Bertz CT molecular complexity index is 520. The maximum Gasteiger partial charge on any atom is 0.240 e. The highest BCUT2D eigenvalue weighted by molar-refractivity contribution is 9.10. The summed E-state index contributed by atoms with van der Waals surface area (Å²) < 4.78 is 27.0. The van der Waals surface area contributed by atoms with Gasteiger partial charge in [0.15, 0.2) is 0 Å². The molecule has 0 amide bonds. The quantitative estimate of drug-likeness (QED) is 0.799. The Hall–Kier alpha value is 0.190. The molecular weight excluding hydrogens is 361 g/mol. The first-order chi connectivity index (χ1) is 8.24. The van der Waals surface area contributed by atoms with Crippen molar-refractivity contribution in [3.63, 3.8) is 0 Å². The van der Waals surface area contributed by atoms with E-state index in [2.05, 4.69) is 20.7 Å². The van der Waals surface area contributed by atoms with Gasteiger partial charge >= 0.3 is 0 Å². The summed E-state index contributed by atoms with van der Waals surface area (Å²) in [6, 6.07) is 4.44. The van der Waals surface area contributed by atoms with Crippen LogP contribution < -0.4 is 4.72 Å². The molecule has 1 rings (SSSR count). The van der Waals surface area contributed by atoms with Gasteiger partial charge in [0.05, 0.1) is 9.92 Å². The summed E-state index contributed by atoms with van der Waals surface area (Å²) in [6.45, 7) is 4.07. The van der Waals surface area contributed by atoms with E-state index in [1.807, 2.05) is 13.8 Å². The van der Waals surface area contributed by atoms with Crippen molar-refractivity contribution >= 4 is 49.2 Å². The van der Waals surface area contributed by atoms with Crippen LogP contribution in [-0.4, -0.2) is 20.3 Å². The number of hydrogen-bond donors (Lipinski definition) is 1. The lowest BCUT2D eigenvalue weighted by atomic mass is 10.1. The van der Waals surface area contributed by atoms with Crippen molar-refractivity contribution in [3.05, 3.63) is 27.7 Å². The number of nitrogens with one attached hydrogen (secondary N) is 1. The predicted molar refractivity (Wildman–Crippen MR) is 78.8 cm³/mol. The molecule has 0 bridgehead atoms. The first kappa shape index (κ1) is 16.2. The molecule has 0 aliphatic heterocycles. The smallest absolute Gasteiger partial charge is 0.210 e. The zero-order valence-electron chi connectivity index (χ0n) is 9.95. The molecule has 1 unspecified atom stereocenters. The van der Waals surface area contributed by atoms with Gasteiger partial charge in [-0.05, 0) is 40.0 Å². The van der Waals surface area contributed by atoms with Gasteiger partial charge in [-0.3, -0.25) is 0 Å². The van der Waals surface area contributed by atoms with Crippen molar-refractivity contribution in [1.29, 1.82) is 0 Å². The van der Waals surface area contributed by atoms with Crippen molar-refractivity contribution in [3.8, 4) is 0 Å². The molecule has 0 saturated carbocycles. The van der Waals surface area contributed by atoms with Crippen molar-refractivity contribution in [2.45, 2.75) is 24.1 Å². The van der Waals surface area contributed by atoms with E-state index >= 15 is 0 Å². The van der Waals surface area contributed by atoms with Gasteiger partial charge in [-0.15, -0.1) is 11.6 Å². The highest BCUT2D eigenvalue weighted by atomic mass is 79.9. The van der Waals surface area contributed by atoms with E-state index in [0.29, 0.717) is 9.50 Å². The van der Waals surface area contributed by atoms with Gasteiger partial charge in [0.25, 0.3) is 0 Å². The Morgan fingerprint density at radius 2 is 2.00 bits per heavy atom. The Labute approximate surface area is 126 Å². The minimum Gasteiger partial charge on any atom is -0.210 e. The van der Waals surface area contributed by atoms with Gasteiger partial charge in [0.1, 0.15) is 0 Å². The molecule has 18 heavy (non-hydrogen) atoms. The fourth-order valence-electron chi connectivity index (χ4n) is 1.15. The topological polar surface area (TPSA) is 46.2 Å². The lowest BCUT2D eigenvalue weighted by Gasteiger charge is -2.14. The highest BCUT2D eigenvalue weighted by Gasteiger charge is 2.18. The van der Waals surface area contributed by atoms with Crippen LogP contribution in [-0.2, 0) is 10.0 Å². The molecule has 1 atom stereocenters. The summed E-state index contributed by atoms with van der Waals surface area (Å²) in [5.74, 6) is 0.200. The van der Waals surface area contributed by atoms with E-state index in [0.717, 1.165) is 0 Å². The summed E-state index contributed by atoms with van der Waals surface area (Å²) in [7, 11) is -3.55. The van der Waals surface area contributed by atoms with E-state index in [4.69, 9.17) is 23.2 Å². The van der Waals surface area contributed by atoms with Crippen LogP contribution >= 0.6 is 39.1 Å². The number of alkyl halides is 1. The van der Waals surface area contributed by atoms with Crippen LogP contribution in [0.4, 0.5) is 0 Å². The van der Waals surface area contributed by atoms with Crippen molar-refractivity contribution in [1.82, 2.24) is 4.72 Å². The number of hydrogen-bond acceptors (Lipinski definition) is 2. The van der Waals surface area contributed by atoms with Gasteiger partial charge in [-0.2, -0.15) is 0 Å². The van der Waals surface area contributed by atoms with Crippen molar-refractivity contribution in [2.75, 3.05) is 6.54 Å². The molecule has 0 radical (unpaired) electrons. The number of benzene rings is 1. The molecule has 0 aliphatic carbocycles. The summed E-state index contributed by atoms with van der Waals surface area (Å²) >= 11 is 15.0. The van der Waals surface area contributed by atoms with Crippen LogP contribution in [0, 0.1) is 5.92 Å². The van der Waals surface area contributed by atoms with Crippen LogP contribution in [0.3, 0.4) is 0 Å². The fraction of sp³-hybridized carbons (Fsp3) is 0.455. The molecule has 7 heteroatoms. The van der Waals surface area contributed by atoms with Crippen LogP contribution in [0.1, 0.15) is 13.8 Å². The highest BCUT2D eigenvalue weighted by Crippen LogP contribution is 2.25. The second-order valence-electron chi connectivity index (χ2n) is 4.19. The van der Waals surface area contributed by atoms with E-state index < -0.39 is 10.0 Å². The number of sulfonamides is 1. The molecular formula is C11H14BrCl2NO2S. The predicted octanol–water partition coefficient (Wildman–Crippen LogP) is 3.64. The fourth-order valence-corrected chi connectivity index (χ4v) is 3.05. The summed E-state index contributed by atoms with van der Waals surface area (Å²) in [4.78, 5) is 0.159. The van der Waals surface area contributed by atoms with Crippen LogP contribution in [0.25, 0.3) is 0 Å². The van der Waals surface area contributed by atoms with Crippen LogP contribution in [0.2, 0.25) is 5.02 Å². The third-order valence-corrected chi connectivity index (χ3v) is 5.69. The van der Waals surface area contributed by atoms with Crippen molar-refractivity contribution < 1.29 is 8.42 Å². The minimum atomic E-state index is -3.55. The summed E-state index contributed by atoms with van der Waals surface area (Å²) in [5.41, 5.74) is 0. The number of halogens is 3. The average molecular weight is 375 g/mol. The first-order valence-corrected chi connectivity index (χ1v) is 8.42. The van der Waals surface area contributed by atoms with Crippen molar-refractivity contribution in [2.24, 2.45) is 5.92 Å². The maximum atomic E-state index is 12.0. The summed E-state index contributed by atoms with van der Waals surface area (Å²) in [6.07, 6.45) is 0. The lowest BCUT2D eigenvalue weighted by Crippen LogP contribution is -2.32. The first-order valence-electron chi connectivity index (χ1n) is 5.33. The monoisotopic (exact) mass is 373 g/mol. The lowest BCUT2D eigenvalue weighted by molar-refractivity contribution is 0.556. The Balaban J connectivity index is 2.83. The van der Waals surface area contributed by atoms with Crippen LogP contribution in [0.5, 0.6) is 0 Å². The van der Waals surface area contributed by atoms with E-state index in [9.17, 15) is 8.42 Å². The van der Waals surface area contributed by atoms with Gasteiger partial charge < -0.3 is 0 Å². The molecule has 0 aromatic heterocycles. The molecule has 0 saturated heterocycles. The molecule has 3 nitrogen and oxygen atoms in total. The molecule has 1 aromatic rings. The third-order valence-electron chi connectivity index (χ3n) is 2.39. The normalized spacial score (nSPS) is 13.9. The second kappa shape index (κ2) is 6.57. The van der Waals surface area contributed by atoms with Gasteiger partial charge in [-0.1, -0.05) is 25.4 Å². The minimum absolute atomic E-state index is 0.159. The zero-order valence-corrected chi connectivity index (χ0v) is 13.9. The molecule has 0 fully saturated rings. The largest absolute Gasteiger partial charge is 0.240 e. The summed E-state index contributed by atoms with van der Waals surface area (Å²) in [5, 5.41) is 0.224. The van der Waals surface area contributed by atoms with Gasteiger partial charge in [-0.25, -0.2) is 13.1 Å². The SMILES string of the molecule is CC(C)C(Cl)CNS(=O)(=O)c1ccc(Cl)c(Br)c1. The molecule has 1 N–H and O–H groups in total. The molecule has 102 valence electrons. The Morgan fingerprint density at radius 3 is 2.50 bits per heavy atom. The molecule has 0 spiro atoms. The number of rotatable bonds is 5. The van der Waals surface area contributed by atoms with Gasteiger partial charge in [0, 0.05) is 16.4 Å². The average Bonchev–Trinajstić information content (AvgIpc) is 2.29. The van der Waals surface area contributed by atoms with E-state index in [1.165, 1.54) is 18.2 Å². The van der Waals surface area contributed by atoms with Gasteiger partial charge in [0.2, 0.25) is 10.0 Å². The second-order valence-corrected chi connectivity index (χ2v) is 7.78. The molecule has 1 aromatic carbocycles. The Kier molecular flexibility index (Phi) is 5.93. The Morgan fingerprint density at radius 1 is 1.39 bits per heavy atom. The van der Waals surface area contributed by atoms with E-state index in [1.54, 1.807) is 0 Å². The standard InChI is InChI=1S/C11H14BrCl2NO2S/c1-7(2)11(14)6-15-18(16,17)8-3-4-10(13)9(12)5-8/h3-5,7,11,15H,6H2,1-2H3. The molecule has 0 heterocycles. The molecule has 0 aliphatic rings. The maximum absolute atomic E-state index is 12.0. The van der Waals surface area contributed by atoms with E-state index in [-0.39, 0.29) is 22.7 Å². The van der Waals surface area contributed by atoms with Crippen LogP contribution in [0.15, 0.2) is 27.6 Å². The zero-order chi connectivity index (χ0) is 13.9. The third kappa shape index (κ3) is 4.38.